The lowest BCUT2D eigenvalue weighted by molar-refractivity contribution is -0.118. The lowest BCUT2D eigenvalue weighted by Gasteiger charge is -2.20. The zero-order chi connectivity index (χ0) is 13.9. The van der Waals surface area contributed by atoms with Crippen LogP contribution in [0, 0.1) is 5.92 Å². The van der Waals surface area contributed by atoms with E-state index in [-0.39, 0.29) is 11.8 Å². The molecule has 0 saturated heterocycles. The molecule has 1 rings (SSSR count). The van der Waals surface area contributed by atoms with Gasteiger partial charge in [-0.1, -0.05) is 25.4 Å². The number of amides is 1. The van der Waals surface area contributed by atoms with Crippen molar-refractivity contribution in [1.82, 2.24) is 0 Å². The molecule has 0 radical (unpaired) electrons. The minimum absolute atomic E-state index is 0.0898. The van der Waals surface area contributed by atoms with Crippen molar-refractivity contribution in [1.29, 1.82) is 0 Å². The van der Waals surface area contributed by atoms with Gasteiger partial charge in [-0.3, -0.25) is 4.79 Å². The van der Waals surface area contributed by atoms with Gasteiger partial charge in [0.25, 0.3) is 0 Å². The minimum atomic E-state index is -0.529. The molecule has 1 aromatic carbocycles. The van der Waals surface area contributed by atoms with Crippen LogP contribution in [0.1, 0.15) is 13.8 Å². The Bertz CT molecular complexity index is 432. The first kappa shape index (κ1) is 14.8. The summed E-state index contributed by atoms with van der Waals surface area (Å²) in [7, 11) is 3.81. The van der Waals surface area contributed by atoms with Crippen LogP contribution in [0.5, 0.6) is 0 Å². The number of nitrogens with one attached hydrogen (secondary N) is 1. The van der Waals surface area contributed by atoms with Gasteiger partial charge in [-0.2, -0.15) is 0 Å². The molecule has 1 atom stereocenters. The number of hydrogen-bond acceptors (Lipinski definition) is 3. The van der Waals surface area contributed by atoms with Crippen LogP contribution in [0.15, 0.2) is 18.2 Å². The summed E-state index contributed by atoms with van der Waals surface area (Å²) in [5.74, 6) is -0.109. The fraction of sp³-hybridized carbons (Fsp3) is 0.462. The second-order valence-corrected chi connectivity index (χ2v) is 5.25. The quantitative estimate of drug-likeness (QED) is 0.882. The van der Waals surface area contributed by atoms with Crippen molar-refractivity contribution in [2.45, 2.75) is 19.9 Å². The van der Waals surface area contributed by atoms with E-state index >= 15 is 0 Å². The maximum atomic E-state index is 11.9. The number of halogens is 1. The molecule has 4 nitrogen and oxygen atoms in total. The fourth-order valence-corrected chi connectivity index (χ4v) is 1.69. The van der Waals surface area contributed by atoms with Gasteiger partial charge < -0.3 is 16.0 Å². The van der Waals surface area contributed by atoms with Gasteiger partial charge in [0.1, 0.15) is 0 Å². The van der Waals surface area contributed by atoms with Gasteiger partial charge in [0.05, 0.1) is 17.4 Å². The van der Waals surface area contributed by atoms with Crippen LogP contribution in [-0.2, 0) is 4.79 Å². The molecule has 1 amide bonds. The summed E-state index contributed by atoms with van der Waals surface area (Å²) in [6.07, 6.45) is 0. The van der Waals surface area contributed by atoms with Crippen LogP contribution >= 0.6 is 11.6 Å². The van der Waals surface area contributed by atoms with Gasteiger partial charge in [-0.25, -0.2) is 0 Å². The lowest BCUT2D eigenvalue weighted by Crippen LogP contribution is -2.40. The molecule has 100 valence electrons. The van der Waals surface area contributed by atoms with Crippen molar-refractivity contribution in [2.75, 3.05) is 24.3 Å². The van der Waals surface area contributed by atoms with Gasteiger partial charge in [0, 0.05) is 19.1 Å². The second-order valence-electron chi connectivity index (χ2n) is 4.81. The van der Waals surface area contributed by atoms with Crippen LogP contribution in [0.4, 0.5) is 11.4 Å². The van der Waals surface area contributed by atoms with E-state index < -0.39 is 6.04 Å². The molecule has 0 spiro atoms. The monoisotopic (exact) mass is 269 g/mol. The molecular weight excluding hydrogens is 250 g/mol. The Morgan fingerprint density at radius 3 is 2.50 bits per heavy atom. The van der Waals surface area contributed by atoms with Gasteiger partial charge in [0.15, 0.2) is 0 Å². The van der Waals surface area contributed by atoms with E-state index in [4.69, 9.17) is 17.3 Å². The Morgan fingerprint density at radius 2 is 2.00 bits per heavy atom. The fourth-order valence-electron chi connectivity index (χ4n) is 1.52. The van der Waals surface area contributed by atoms with Crippen molar-refractivity contribution < 1.29 is 4.79 Å². The summed E-state index contributed by atoms with van der Waals surface area (Å²) in [5, 5.41) is 3.40. The number of anilines is 2. The number of nitrogens with zero attached hydrogens (tertiary/aromatic N) is 1. The van der Waals surface area contributed by atoms with Crippen molar-refractivity contribution in [2.24, 2.45) is 11.7 Å². The minimum Gasteiger partial charge on any atom is -0.376 e. The number of nitrogens with two attached hydrogens (primary N) is 1. The first-order valence-corrected chi connectivity index (χ1v) is 6.24. The molecule has 0 bridgehead atoms. The highest BCUT2D eigenvalue weighted by atomic mass is 35.5. The molecule has 0 saturated carbocycles. The summed E-state index contributed by atoms with van der Waals surface area (Å²) in [6.45, 7) is 3.82. The third kappa shape index (κ3) is 3.62. The molecule has 0 aromatic heterocycles. The van der Waals surface area contributed by atoms with Crippen LogP contribution in [0.3, 0.4) is 0 Å². The van der Waals surface area contributed by atoms with E-state index in [2.05, 4.69) is 5.32 Å². The SMILES string of the molecule is CC(C)C(N)C(=O)Nc1cc(Cl)ccc1N(C)C. The molecule has 1 unspecified atom stereocenters. The van der Waals surface area contributed by atoms with E-state index in [9.17, 15) is 4.79 Å². The van der Waals surface area contributed by atoms with Crippen molar-refractivity contribution in [3.05, 3.63) is 23.2 Å². The third-order valence-electron chi connectivity index (χ3n) is 2.72. The number of carbonyl (C=O) groups excluding carboxylic acids is 1. The predicted molar refractivity (Wildman–Crippen MR) is 77.2 cm³/mol. The van der Waals surface area contributed by atoms with E-state index in [0.29, 0.717) is 10.7 Å². The molecule has 0 aliphatic heterocycles. The molecule has 0 fully saturated rings. The standard InChI is InChI=1S/C13H20ClN3O/c1-8(2)12(15)13(18)16-10-7-9(14)5-6-11(10)17(3)4/h5-8,12H,15H2,1-4H3,(H,16,18). The maximum absolute atomic E-state index is 11.9. The predicted octanol–water partition coefficient (Wildman–Crippen LogP) is 2.33. The van der Waals surface area contributed by atoms with Crippen molar-refractivity contribution >= 4 is 28.9 Å². The highest BCUT2D eigenvalue weighted by Gasteiger charge is 2.18. The maximum Gasteiger partial charge on any atom is 0.241 e. The summed E-state index contributed by atoms with van der Waals surface area (Å²) in [4.78, 5) is 13.9. The number of rotatable bonds is 4. The molecule has 0 heterocycles. The highest BCUT2D eigenvalue weighted by Crippen LogP contribution is 2.28. The van der Waals surface area contributed by atoms with Gasteiger partial charge >= 0.3 is 0 Å². The Labute approximate surface area is 113 Å². The van der Waals surface area contributed by atoms with E-state index in [0.717, 1.165) is 5.69 Å². The topological polar surface area (TPSA) is 58.4 Å². The second kappa shape index (κ2) is 6.07. The van der Waals surface area contributed by atoms with E-state index in [1.54, 1.807) is 12.1 Å². The van der Waals surface area contributed by atoms with E-state index in [1.807, 2.05) is 38.9 Å². The van der Waals surface area contributed by atoms with Gasteiger partial charge in [0.2, 0.25) is 5.91 Å². The first-order valence-electron chi connectivity index (χ1n) is 5.86. The van der Waals surface area contributed by atoms with E-state index in [1.165, 1.54) is 0 Å². The summed E-state index contributed by atoms with van der Waals surface area (Å²) in [6, 6.07) is 4.84. The smallest absolute Gasteiger partial charge is 0.241 e. The number of hydrogen-bond donors (Lipinski definition) is 2. The Hall–Kier alpha value is -1.26. The van der Waals surface area contributed by atoms with Crippen LogP contribution in [0.2, 0.25) is 5.02 Å². The van der Waals surface area contributed by atoms with Crippen LogP contribution < -0.4 is 16.0 Å². The van der Waals surface area contributed by atoms with Crippen molar-refractivity contribution in [3.8, 4) is 0 Å². The zero-order valence-corrected chi connectivity index (χ0v) is 12.0. The zero-order valence-electron chi connectivity index (χ0n) is 11.2. The van der Waals surface area contributed by atoms with Gasteiger partial charge in [-0.15, -0.1) is 0 Å². The number of carbonyl (C=O) groups is 1. The third-order valence-corrected chi connectivity index (χ3v) is 2.95. The van der Waals surface area contributed by atoms with Crippen LogP contribution in [-0.4, -0.2) is 26.0 Å². The Morgan fingerprint density at radius 1 is 1.39 bits per heavy atom. The molecule has 0 aliphatic carbocycles. The Kier molecular flexibility index (Phi) is 4.99. The summed E-state index contributed by atoms with van der Waals surface area (Å²) >= 11 is 5.95. The average molecular weight is 270 g/mol. The normalized spacial score (nSPS) is 12.4. The Balaban J connectivity index is 2.96. The molecule has 0 aliphatic rings. The molecule has 1 aromatic rings. The van der Waals surface area contributed by atoms with Gasteiger partial charge in [-0.05, 0) is 24.1 Å². The lowest BCUT2D eigenvalue weighted by atomic mass is 10.0. The molecule has 18 heavy (non-hydrogen) atoms. The average Bonchev–Trinajstić information content (AvgIpc) is 2.27. The van der Waals surface area contributed by atoms with Crippen molar-refractivity contribution in [3.63, 3.8) is 0 Å². The molecular formula is C13H20ClN3O. The molecule has 5 heteroatoms. The number of benzene rings is 1. The highest BCUT2D eigenvalue weighted by molar-refractivity contribution is 6.31. The first-order chi connectivity index (χ1) is 8.32. The summed E-state index contributed by atoms with van der Waals surface area (Å²) in [5.41, 5.74) is 7.38. The largest absolute Gasteiger partial charge is 0.376 e. The summed E-state index contributed by atoms with van der Waals surface area (Å²) < 4.78 is 0. The van der Waals surface area contributed by atoms with Crippen LogP contribution in [0.25, 0.3) is 0 Å². The molecule has 3 N–H and O–H groups in total.